The van der Waals surface area contributed by atoms with Gasteiger partial charge in [-0.05, 0) is 49.2 Å². The second-order valence-corrected chi connectivity index (χ2v) is 8.70. The molecule has 26 heavy (non-hydrogen) atoms. The first kappa shape index (κ1) is 17.3. The monoisotopic (exact) mass is 390 g/mol. The Kier molecular flexibility index (Phi) is 4.17. The molecule has 1 aliphatic rings. The Morgan fingerprint density at radius 2 is 2.12 bits per heavy atom. The zero-order valence-corrected chi connectivity index (χ0v) is 16.0. The fourth-order valence-electron chi connectivity index (χ4n) is 3.62. The largest absolute Gasteiger partial charge is 0.313 e. The molecule has 3 aromatic rings. The van der Waals surface area contributed by atoms with Gasteiger partial charge in [-0.2, -0.15) is 5.10 Å². The molecular weight excluding hydrogens is 372 g/mol. The van der Waals surface area contributed by atoms with E-state index in [1.807, 2.05) is 20.3 Å². The Bertz CT molecular complexity index is 1080. The van der Waals surface area contributed by atoms with Crippen LogP contribution in [-0.4, -0.2) is 29.2 Å². The van der Waals surface area contributed by atoms with Gasteiger partial charge in [0.05, 0.1) is 16.8 Å². The smallest absolute Gasteiger partial charge is 0.268 e. The average Bonchev–Trinajstić information content (AvgIpc) is 3.29. The van der Waals surface area contributed by atoms with Crippen molar-refractivity contribution in [2.75, 3.05) is 7.05 Å². The molecule has 1 aromatic carbocycles. The summed E-state index contributed by atoms with van der Waals surface area (Å²) in [5, 5.41) is 7.88. The number of hydrogen-bond donors (Lipinski definition) is 1. The predicted octanol–water partition coefficient (Wildman–Crippen LogP) is 2.99. The van der Waals surface area contributed by atoms with Crippen LogP contribution in [-0.2, 0) is 23.5 Å². The lowest BCUT2D eigenvalue weighted by Gasteiger charge is -2.12. The van der Waals surface area contributed by atoms with Gasteiger partial charge in [0.2, 0.25) is 0 Å². The summed E-state index contributed by atoms with van der Waals surface area (Å²) in [6.45, 7) is 0. The van der Waals surface area contributed by atoms with Gasteiger partial charge in [0.15, 0.2) is 0 Å². The van der Waals surface area contributed by atoms with Crippen molar-refractivity contribution in [3.8, 4) is 11.3 Å². The van der Waals surface area contributed by atoms with Crippen molar-refractivity contribution in [1.29, 1.82) is 0 Å². The molecule has 1 aliphatic carbocycles. The van der Waals surface area contributed by atoms with Crippen LogP contribution in [0.2, 0.25) is 5.02 Å². The third-order valence-electron chi connectivity index (χ3n) is 4.85. The van der Waals surface area contributed by atoms with Crippen molar-refractivity contribution in [2.45, 2.75) is 23.8 Å². The van der Waals surface area contributed by atoms with Gasteiger partial charge in [0, 0.05) is 36.1 Å². The number of halogens is 1. The Morgan fingerprint density at radius 3 is 2.77 bits per heavy atom. The van der Waals surface area contributed by atoms with Crippen molar-refractivity contribution in [2.24, 2.45) is 7.05 Å². The van der Waals surface area contributed by atoms with E-state index in [4.69, 9.17) is 11.6 Å². The highest BCUT2D eigenvalue weighted by Gasteiger charge is 2.32. The quantitative estimate of drug-likeness (QED) is 0.743. The lowest BCUT2D eigenvalue weighted by molar-refractivity contribution is 0.579. The molecule has 8 heteroatoms. The number of benzene rings is 1. The highest BCUT2D eigenvalue weighted by atomic mass is 35.5. The zero-order valence-electron chi connectivity index (χ0n) is 14.5. The van der Waals surface area contributed by atoms with E-state index in [2.05, 4.69) is 10.4 Å². The molecule has 4 rings (SSSR count). The van der Waals surface area contributed by atoms with Gasteiger partial charge in [-0.25, -0.2) is 12.4 Å². The minimum atomic E-state index is -3.77. The second-order valence-electron chi connectivity index (χ2n) is 6.45. The molecule has 2 heterocycles. The topological polar surface area (TPSA) is 68.9 Å². The van der Waals surface area contributed by atoms with Crippen LogP contribution in [0.3, 0.4) is 0 Å². The SMILES string of the molecule is CNC1CCc2c1cn(S(=O)(=O)c1cccc(Cl)c1)c2-c1cnn(C)c1. The number of nitrogens with zero attached hydrogens (tertiary/aromatic N) is 3. The van der Waals surface area contributed by atoms with Gasteiger partial charge >= 0.3 is 0 Å². The standard InChI is InChI=1S/C18H19ClN4O2S/c1-20-17-7-6-15-16(17)11-23(18(15)12-9-21-22(2)10-12)26(24,25)14-5-3-4-13(19)8-14/h3-5,8-11,17,20H,6-7H2,1-2H3. The summed E-state index contributed by atoms with van der Waals surface area (Å²) in [6, 6.07) is 6.50. The van der Waals surface area contributed by atoms with Gasteiger partial charge in [0.1, 0.15) is 0 Å². The Morgan fingerprint density at radius 1 is 1.31 bits per heavy atom. The fourth-order valence-corrected chi connectivity index (χ4v) is 5.34. The van der Waals surface area contributed by atoms with Crippen LogP contribution in [0.1, 0.15) is 23.6 Å². The van der Waals surface area contributed by atoms with E-state index in [0.29, 0.717) is 10.7 Å². The van der Waals surface area contributed by atoms with Crippen molar-refractivity contribution >= 4 is 21.6 Å². The van der Waals surface area contributed by atoms with E-state index >= 15 is 0 Å². The normalized spacial score (nSPS) is 16.8. The van der Waals surface area contributed by atoms with E-state index < -0.39 is 10.0 Å². The van der Waals surface area contributed by atoms with Gasteiger partial charge in [0.25, 0.3) is 10.0 Å². The van der Waals surface area contributed by atoms with Crippen molar-refractivity contribution < 1.29 is 8.42 Å². The lowest BCUT2D eigenvalue weighted by atomic mass is 10.1. The molecule has 2 aromatic heterocycles. The summed E-state index contributed by atoms with van der Waals surface area (Å²) in [7, 11) is -0.0596. The number of nitrogens with one attached hydrogen (secondary N) is 1. The van der Waals surface area contributed by atoms with Crippen molar-refractivity contribution in [3.05, 3.63) is 59.0 Å². The molecule has 1 N–H and O–H groups in total. The molecular formula is C18H19ClN4O2S. The molecule has 0 saturated carbocycles. The first-order valence-corrected chi connectivity index (χ1v) is 10.1. The van der Waals surface area contributed by atoms with E-state index in [1.165, 1.54) is 10.0 Å². The minimum absolute atomic E-state index is 0.149. The summed E-state index contributed by atoms with van der Waals surface area (Å²) in [5.74, 6) is 0. The maximum atomic E-state index is 13.3. The first-order valence-electron chi connectivity index (χ1n) is 8.33. The van der Waals surface area contributed by atoms with Crippen molar-refractivity contribution in [3.63, 3.8) is 0 Å². The first-order chi connectivity index (χ1) is 12.4. The summed E-state index contributed by atoms with van der Waals surface area (Å²) in [4.78, 5) is 0.171. The molecule has 0 bridgehead atoms. The highest BCUT2D eigenvalue weighted by molar-refractivity contribution is 7.90. The minimum Gasteiger partial charge on any atom is -0.313 e. The molecule has 1 atom stereocenters. The fraction of sp³-hybridized carbons (Fsp3) is 0.278. The Labute approximate surface area is 157 Å². The van der Waals surface area contributed by atoms with Gasteiger partial charge < -0.3 is 5.32 Å². The molecule has 0 spiro atoms. The van der Waals surface area contributed by atoms with Crippen LogP contribution in [0.4, 0.5) is 0 Å². The Balaban J connectivity index is 1.97. The molecule has 6 nitrogen and oxygen atoms in total. The van der Waals surface area contributed by atoms with Crippen LogP contribution in [0.5, 0.6) is 0 Å². The number of aromatic nitrogens is 3. The van der Waals surface area contributed by atoms with Crippen molar-refractivity contribution in [1.82, 2.24) is 19.1 Å². The number of hydrogen-bond acceptors (Lipinski definition) is 4. The van der Waals surface area contributed by atoms with E-state index in [0.717, 1.165) is 29.5 Å². The Hall–Kier alpha value is -2.09. The molecule has 0 fully saturated rings. The lowest BCUT2D eigenvalue weighted by Crippen LogP contribution is -2.16. The summed E-state index contributed by atoms with van der Waals surface area (Å²) < 4.78 is 29.7. The molecule has 0 aliphatic heterocycles. The van der Waals surface area contributed by atoms with Crippen LogP contribution >= 0.6 is 11.6 Å². The van der Waals surface area contributed by atoms with E-state index in [1.54, 1.807) is 35.3 Å². The highest BCUT2D eigenvalue weighted by Crippen LogP contribution is 2.40. The summed E-state index contributed by atoms with van der Waals surface area (Å²) in [5.41, 5.74) is 3.56. The summed E-state index contributed by atoms with van der Waals surface area (Å²) in [6.07, 6.45) is 7.05. The van der Waals surface area contributed by atoms with Crippen LogP contribution < -0.4 is 5.32 Å². The van der Waals surface area contributed by atoms with Crippen LogP contribution in [0.25, 0.3) is 11.3 Å². The van der Waals surface area contributed by atoms with Crippen LogP contribution in [0, 0.1) is 0 Å². The average molecular weight is 391 g/mol. The molecule has 136 valence electrons. The maximum absolute atomic E-state index is 13.3. The molecule has 1 unspecified atom stereocenters. The van der Waals surface area contributed by atoms with Gasteiger partial charge in [-0.1, -0.05) is 17.7 Å². The zero-order chi connectivity index (χ0) is 18.5. The van der Waals surface area contributed by atoms with Gasteiger partial charge in [-0.3, -0.25) is 4.68 Å². The third kappa shape index (κ3) is 2.67. The molecule has 0 saturated heterocycles. The molecule has 0 amide bonds. The summed E-state index contributed by atoms with van der Waals surface area (Å²) >= 11 is 6.02. The number of fused-ring (bicyclic) bond motifs is 1. The maximum Gasteiger partial charge on any atom is 0.268 e. The second kappa shape index (κ2) is 6.26. The van der Waals surface area contributed by atoms with E-state index in [9.17, 15) is 8.42 Å². The van der Waals surface area contributed by atoms with Crippen LogP contribution in [0.15, 0.2) is 47.8 Å². The van der Waals surface area contributed by atoms with Gasteiger partial charge in [-0.15, -0.1) is 0 Å². The number of rotatable bonds is 4. The van der Waals surface area contributed by atoms with E-state index in [-0.39, 0.29) is 10.9 Å². The third-order valence-corrected chi connectivity index (χ3v) is 6.74. The predicted molar refractivity (Wildman–Crippen MR) is 101 cm³/mol. The number of aryl methyl sites for hydroxylation is 1. The molecule has 0 radical (unpaired) electrons.